The van der Waals surface area contributed by atoms with Gasteiger partial charge in [-0.2, -0.15) is 14.9 Å². The van der Waals surface area contributed by atoms with Gasteiger partial charge in [0.25, 0.3) is 5.56 Å². The summed E-state index contributed by atoms with van der Waals surface area (Å²) in [6.07, 6.45) is 1.32. The summed E-state index contributed by atoms with van der Waals surface area (Å²) in [5.41, 5.74) is 0.713. The second-order valence-electron chi connectivity index (χ2n) is 5.63. The molecule has 0 saturated heterocycles. The van der Waals surface area contributed by atoms with Crippen molar-refractivity contribution in [2.45, 2.75) is 13.5 Å². The second-order valence-corrected chi connectivity index (χ2v) is 6.41. The average molecular weight is 425 g/mol. The van der Waals surface area contributed by atoms with Crippen LogP contribution < -0.4 is 19.8 Å². The molecule has 0 N–H and O–H groups in total. The van der Waals surface area contributed by atoms with Gasteiger partial charge in [-0.05, 0) is 19.1 Å². The molecule has 0 radical (unpaired) electrons. The van der Waals surface area contributed by atoms with Crippen molar-refractivity contribution in [3.63, 3.8) is 0 Å². The number of hydrogen-bond acceptors (Lipinski definition) is 6. The Morgan fingerprint density at radius 2 is 1.93 bits per heavy atom. The van der Waals surface area contributed by atoms with Gasteiger partial charge in [-0.15, -0.1) is 0 Å². The second kappa shape index (κ2) is 8.53. The highest BCUT2D eigenvalue weighted by Gasteiger charge is 2.17. The average Bonchev–Trinajstić information content (AvgIpc) is 3.10. The number of benzene rings is 1. The summed E-state index contributed by atoms with van der Waals surface area (Å²) in [5.74, 6) is 1.70. The highest BCUT2D eigenvalue weighted by atomic mass is 35.5. The third kappa shape index (κ3) is 3.93. The number of aromatic nitrogens is 4. The maximum absolute atomic E-state index is 12.2. The zero-order valence-corrected chi connectivity index (χ0v) is 17.0. The Bertz CT molecular complexity index is 1050. The van der Waals surface area contributed by atoms with Crippen LogP contribution in [0.2, 0.25) is 10.0 Å². The predicted molar refractivity (Wildman–Crippen MR) is 105 cm³/mol. The number of rotatable bonds is 7. The first-order valence-corrected chi connectivity index (χ1v) is 9.09. The Hall–Kier alpha value is -2.71. The molecular weight excluding hydrogens is 407 g/mol. The van der Waals surface area contributed by atoms with Crippen molar-refractivity contribution < 1.29 is 14.2 Å². The fraction of sp³-hybridized carbons (Fsp3) is 0.278. The molecule has 0 spiro atoms. The molecule has 2 heterocycles. The molecule has 2 aromatic heterocycles. The Morgan fingerprint density at radius 1 is 1.14 bits per heavy atom. The Kier molecular flexibility index (Phi) is 6.11. The molecule has 0 amide bonds. The van der Waals surface area contributed by atoms with Crippen LogP contribution in [0.3, 0.4) is 0 Å². The highest BCUT2D eigenvalue weighted by molar-refractivity contribution is 6.41. The van der Waals surface area contributed by atoms with Gasteiger partial charge >= 0.3 is 0 Å². The van der Waals surface area contributed by atoms with Gasteiger partial charge in [0.2, 0.25) is 5.88 Å². The van der Waals surface area contributed by atoms with Crippen LogP contribution in [0.5, 0.6) is 17.4 Å². The van der Waals surface area contributed by atoms with E-state index in [4.69, 9.17) is 37.4 Å². The molecule has 0 aliphatic rings. The summed E-state index contributed by atoms with van der Waals surface area (Å²) in [6, 6.07) is 7.07. The summed E-state index contributed by atoms with van der Waals surface area (Å²) in [7, 11) is 3.14. The van der Waals surface area contributed by atoms with Crippen LogP contribution in [-0.2, 0) is 6.54 Å². The fourth-order valence-corrected chi connectivity index (χ4v) is 2.85. The van der Waals surface area contributed by atoms with Crippen LogP contribution >= 0.6 is 23.2 Å². The molecule has 0 aliphatic carbocycles. The minimum atomic E-state index is -0.497. The maximum atomic E-state index is 12.2. The molecule has 3 rings (SSSR count). The van der Waals surface area contributed by atoms with E-state index in [2.05, 4.69) is 10.2 Å². The van der Waals surface area contributed by atoms with E-state index in [9.17, 15) is 4.79 Å². The highest BCUT2D eigenvalue weighted by Crippen LogP contribution is 2.31. The fourth-order valence-electron chi connectivity index (χ4n) is 2.58. The van der Waals surface area contributed by atoms with Crippen molar-refractivity contribution in [2.24, 2.45) is 0 Å². The topological polar surface area (TPSA) is 80.4 Å². The van der Waals surface area contributed by atoms with Gasteiger partial charge in [-0.3, -0.25) is 4.79 Å². The molecule has 8 nitrogen and oxygen atoms in total. The lowest BCUT2D eigenvalue weighted by Crippen LogP contribution is -2.24. The standard InChI is InChI=1S/C18H18Cl2N4O4/c1-4-28-16-7-11(10-23-18(25)17(20)13(19)9-21-23)22-24(16)14-6-5-12(26-2)8-15(14)27-3/h5-9H,4,10H2,1-3H3. The summed E-state index contributed by atoms with van der Waals surface area (Å²) in [4.78, 5) is 12.2. The van der Waals surface area contributed by atoms with E-state index in [-0.39, 0.29) is 16.6 Å². The van der Waals surface area contributed by atoms with Crippen LogP contribution in [0.4, 0.5) is 0 Å². The van der Waals surface area contributed by atoms with E-state index in [1.165, 1.54) is 10.9 Å². The van der Waals surface area contributed by atoms with Crippen LogP contribution in [0.1, 0.15) is 12.6 Å². The monoisotopic (exact) mass is 424 g/mol. The largest absolute Gasteiger partial charge is 0.497 e. The molecule has 3 aromatic rings. The van der Waals surface area contributed by atoms with E-state index in [1.54, 1.807) is 43.2 Å². The summed E-state index contributed by atoms with van der Waals surface area (Å²) >= 11 is 11.7. The molecule has 0 unspecified atom stereocenters. The zero-order chi connectivity index (χ0) is 20.3. The quantitative estimate of drug-likeness (QED) is 0.579. The molecule has 0 aliphatic heterocycles. The molecule has 0 saturated carbocycles. The third-order valence-electron chi connectivity index (χ3n) is 3.89. The normalized spacial score (nSPS) is 10.8. The van der Waals surface area contributed by atoms with Crippen molar-refractivity contribution in [3.05, 3.63) is 56.6 Å². The van der Waals surface area contributed by atoms with Crippen molar-refractivity contribution in [1.29, 1.82) is 0 Å². The smallest absolute Gasteiger partial charge is 0.287 e. The molecule has 28 heavy (non-hydrogen) atoms. The SMILES string of the molecule is CCOc1cc(Cn2ncc(Cl)c(Cl)c2=O)nn1-c1ccc(OC)cc1OC. The van der Waals surface area contributed by atoms with Crippen molar-refractivity contribution in [1.82, 2.24) is 19.6 Å². The Balaban J connectivity index is 2.04. The van der Waals surface area contributed by atoms with Crippen molar-refractivity contribution in [2.75, 3.05) is 20.8 Å². The Labute approximate surface area is 171 Å². The molecule has 1 aromatic carbocycles. The van der Waals surface area contributed by atoms with Gasteiger partial charge in [-0.25, -0.2) is 4.68 Å². The summed E-state index contributed by atoms with van der Waals surface area (Å²) in [6.45, 7) is 2.41. The van der Waals surface area contributed by atoms with Crippen LogP contribution in [0, 0.1) is 0 Å². The molecule has 148 valence electrons. The minimum absolute atomic E-state index is 0.0852. The number of halogens is 2. The van der Waals surface area contributed by atoms with Gasteiger partial charge in [0, 0.05) is 12.1 Å². The lowest BCUT2D eigenvalue weighted by atomic mass is 10.2. The predicted octanol–water partition coefficient (Wildman–Crippen LogP) is 3.20. The van der Waals surface area contributed by atoms with E-state index in [0.29, 0.717) is 35.4 Å². The van der Waals surface area contributed by atoms with Gasteiger partial charge < -0.3 is 14.2 Å². The van der Waals surface area contributed by atoms with E-state index in [1.807, 2.05) is 6.92 Å². The molecule has 0 atom stereocenters. The number of ether oxygens (including phenoxy) is 3. The van der Waals surface area contributed by atoms with Gasteiger partial charge in [0.1, 0.15) is 22.2 Å². The first-order valence-electron chi connectivity index (χ1n) is 8.33. The minimum Gasteiger partial charge on any atom is -0.497 e. The number of methoxy groups -OCH3 is 2. The molecule has 0 fully saturated rings. The van der Waals surface area contributed by atoms with Crippen LogP contribution in [0.25, 0.3) is 5.69 Å². The maximum Gasteiger partial charge on any atom is 0.287 e. The van der Waals surface area contributed by atoms with Crippen LogP contribution in [0.15, 0.2) is 35.3 Å². The van der Waals surface area contributed by atoms with Gasteiger partial charge in [0.05, 0.1) is 44.3 Å². The van der Waals surface area contributed by atoms with Gasteiger partial charge in [0.15, 0.2) is 0 Å². The van der Waals surface area contributed by atoms with Crippen molar-refractivity contribution in [3.8, 4) is 23.1 Å². The lowest BCUT2D eigenvalue weighted by Gasteiger charge is -2.12. The summed E-state index contributed by atoms with van der Waals surface area (Å²) < 4.78 is 19.2. The van der Waals surface area contributed by atoms with E-state index >= 15 is 0 Å². The molecular formula is C18H18Cl2N4O4. The number of hydrogen-bond donors (Lipinski definition) is 0. The third-order valence-corrected chi connectivity index (χ3v) is 4.64. The molecule has 0 bridgehead atoms. The van der Waals surface area contributed by atoms with E-state index in [0.717, 1.165) is 0 Å². The first-order chi connectivity index (χ1) is 13.5. The summed E-state index contributed by atoms with van der Waals surface area (Å²) in [5, 5.41) is 8.57. The van der Waals surface area contributed by atoms with Crippen LogP contribution in [-0.4, -0.2) is 40.4 Å². The van der Waals surface area contributed by atoms with Crippen molar-refractivity contribution >= 4 is 23.2 Å². The van der Waals surface area contributed by atoms with Gasteiger partial charge in [-0.1, -0.05) is 23.2 Å². The molecule has 10 heteroatoms. The number of nitrogens with zero attached hydrogens (tertiary/aromatic N) is 4. The van der Waals surface area contributed by atoms with E-state index < -0.39 is 5.56 Å². The Morgan fingerprint density at radius 3 is 2.61 bits per heavy atom. The zero-order valence-electron chi connectivity index (χ0n) is 15.5. The lowest BCUT2D eigenvalue weighted by molar-refractivity contribution is 0.314. The first kappa shape index (κ1) is 20.0.